The lowest BCUT2D eigenvalue weighted by molar-refractivity contribution is -0.142. The van der Waals surface area contributed by atoms with Crippen LogP contribution >= 0.6 is 0 Å². The number of hydrogen-bond acceptors (Lipinski definition) is 6. The van der Waals surface area contributed by atoms with Crippen LogP contribution in [0.15, 0.2) is 6.33 Å². The minimum atomic E-state index is -0.423. The lowest BCUT2D eigenvalue weighted by Crippen LogP contribution is -2.36. The summed E-state index contributed by atoms with van der Waals surface area (Å²) in [6.07, 6.45) is 1.45. The van der Waals surface area contributed by atoms with Crippen molar-refractivity contribution >= 4 is 17.6 Å². The van der Waals surface area contributed by atoms with E-state index in [2.05, 4.69) is 20.6 Å². The van der Waals surface area contributed by atoms with E-state index in [0.717, 1.165) is 11.4 Å². The fourth-order valence-electron chi connectivity index (χ4n) is 1.62. The molecule has 0 aliphatic carbocycles. The number of esters is 1. The molecule has 1 aromatic heterocycles. The Bertz CT molecular complexity index is 421. The van der Waals surface area contributed by atoms with Crippen LogP contribution in [-0.2, 0) is 9.53 Å². The van der Waals surface area contributed by atoms with Crippen LogP contribution in [0, 0.1) is 12.8 Å². The second kappa shape index (κ2) is 6.18. The molecule has 0 spiro atoms. The summed E-state index contributed by atoms with van der Waals surface area (Å²) in [4.78, 5) is 19.9. The van der Waals surface area contributed by atoms with Crippen molar-refractivity contribution < 1.29 is 9.53 Å². The number of aromatic nitrogens is 2. The monoisotopic (exact) mass is 252 g/mol. The number of carbonyl (C=O) groups excluding carboxylic acids is 1. The molecule has 2 N–H and O–H groups in total. The Labute approximate surface area is 107 Å². The zero-order valence-electron chi connectivity index (χ0n) is 11.4. The first-order valence-corrected chi connectivity index (χ1v) is 5.85. The van der Waals surface area contributed by atoms with Gasteiger partial charge in [-0.15, -0.1) is 0 Å². The van der Waals surface area contributed by atoms with Gasteiger partial charge in [0.1, 0.15) is 24.0 Å². The third kappa shape index (κ3) is 3.09. The zero-order chi connectivity index (χ0) is 13.7. The van der Waals surface area contributed by atoms with Crippen molar-refractivity contribution in [1.82, 2.24) is 9.97 Å². The maximum atomic E-state index is 11.7. The van der Waals surface area contributed by atoms with Crippen LogP contribution < -0.4 is 10.6 Å². The smallest absolute Gasteiger partial charge is 0.328 e. The molecule has 6 nitrogen and oxygen atoms in total. The predicted octanol–water partition coefficient (Wildman–Crippen LogP) is 1.44. The van der Waals surface area contributed by atoms with Gasteiger partial charge >= 0.3 is 5.97 Å². The third-order valence-electron chi connectivity index (χ3n) is 2.73. The van der Waals surface area contributed by atoms with Crippen LogP contribution in [0.2, 0.25) is 0 Å². The molecule has 0 amide bonds. The highest BCUT2D eigenvalue weighted by Gasteiger charge is 2.24. The van der Waals surface area contributed by atoms with E-state index in [-0.39, 0.29) is 11.9 Å². The van der Waals surface area contributed by atoms with E-state index in [0.29, 0.717) is 5.82 Å². The number of carbonyl (C=O) groups is 1. The van der Waals surface area contributed by atoms with Gasteiger partial charge in [-0.25, -0.2) is 14.8 Å². The Hall–Kier alpha value is -1.85. The van der Waals surface area contributed by atoms with E-state index in [9.17, 15) is 4.79 Å². The van der Waals surface area contributed by atoms with E-state index in [1.165, 1.54) is 13.4 Å². The molecule has 0 aromatic carbocycles. The maximum Gasteiger partial charge on any atom is 0.328 e. The summed E-state index contributed by atoms with van der Waals surface area (Å²) in [6.45, 7) is 5.79. The highest BCUT2D eigenvalue weighted by molar-refractivity contribution is 5.79. The van der Waals surface area contributed by atoms with Crippen LogP contribution in [0.1, 0.15) is 19.4 Å². The Morgan fingerprint density at radius 3 is 2.44 bits per heavy atom. The molecule has 0 saturated carbocycles. The van der Waals surface area contributed by atoms with Gasteiger partial charge in [0.15, 0.2) is 0 Å². The van der Waals surface area contributed by atoms with Gasteiger partial charge < -0.3 is 15.4 Å². The summed E-state index contributed by atoms with van der Waals surface area (Å²) < 4.78 is 4.78. The number of ether oxygens (including phenoxy) is 1. The topological polar surface area (TPSA) is 76.1 Å². The molecule has 6 heteroatoms. The first-order chi connectivity index (χ1) is 8.51. The Morgan fingerprint density at radius 2 is 1.94 bits per heavy atom. The lowest BCUT2D eigenvalue weighted by Gasteiger charge is -2.21. The first-order valence-electron chi connectivity index (χ1n) is 5.85. The summed E-state index contributed by atoms with van der Waals surface area (Å²) in [7, 11) is 3.17. The zero-order valence-corrected chi connectivity index (χ0v) is 11.4. The van der Waals surface area contributed by atoms with Crippen molar-refractivity contribution in [1.29, 1.82) is 0 Å². The van der Waals surface area contributed by atoms with E-state index >= 15 is 0 Å². The van der Waals surface area contributed by atoms with E-state index in [1.807, 2.05) is 20.8 Å². The third-order valence-corrected chi connectivity index (χ3v) is 2.73. The summed E-state index contributed by atoms with van der Waals surface area (Å²) in [5.41, 5.74) is 0.870. The summed E-state index contributed by atoms with van der Waals surface area (Å²) in [5.74, 6) is 1.18. The molecule has 1 unspecified atom stereocenters. The standard InChI is InChI=1S/C12H20N4O2/c1-7(2)9(12(17)18-5)16-11-8(3)10(13-4)14-6-15-11/h6-7,9H,1-5H3,(H2,13,14,15,16). The molecule has 0 radical (unpaired) electrons. The molecule has 1 rings (SSSR count). The van der Waals surface area contributed by atoms with E-state index in [1.54, 1.807) is 7.05 Å². The molecular formula is C12H20N4O2. The van der Waals surface area contributed by atoms with Crippen LogP contribution in [0.5, 0.6) is 0 Å². The molecule has 0 bridgehead atoms. The van der Waals surface area contributed by atoms with Gasteiger partial charge in [-0.3, -0.25) is 0 Å². The summed E-state index contributed by atoms with van der Waals surface area (Å²) >= 11 is 0. The second-order valence-electron chi connectivity index (χ2n) is 4.34. The molecule has 18 heavy (non-hydrogen) atoms. The van der Waals surface area contributed by atoms with Gasteiger partial charge in [-0.2, -0.15) is 0 Å². The van der Waals surface area contributed by atoms with Crippen LogP contribution in [0.4, 0.5) is 11.6 Å². The first kappa shape index (κ1) is 14.2. The largest absolute Gasteiger partial charge is 0.467 e. The van der Waals surface area contributed by atoms with Crippen molar-refractivity contribution in [2.45, 2.75) is 26.8 Å². The maximum absolute atomic E-state index is 11.7. The minimum Gasteiger partial charge on any atom is -0.467 e. The molecule has 1 aromatic rings. The molecule has 1 atom stereocenters. The quantitative estimate of drug-likeness (QED) is 0.772. The molecule has 0 fully saturated rings. The van der Waals surface area contributed by atoms with Crippen molar-refractivity contribution in [3.05, 3.63) is 11.9 Å². The Kier molecular flexibility index (Phi) is 4.88. The summed E-state index contributed by atoms with van der Waals surface area (Å²) in [5, 5.41) is 6.08. The molecule has 0 aliphatic rings. The molecule has 0 saturated heterocycles. The van der Waals surface area contributed by atoms with Gasteiger partial charge in [0, 0.05) is 12.6 Å². The van der Waals surface area contributed by atoms with Crippen molar-refractivity contribution in [2.75, 3.05) is 24.8 Å². The van der Waals surface area contributed by atoms with Gasteiger partial charge in [-0.1, -0.05) is 13.8 Å². The molecule has 1 heterocycles. The van der Waals surface area contributed by atoms with E-state index < -0.39 is 6.04 Å². The van der Waals surface area contributed by atoms with Crippen molar-refractivity contribution in [3.63, 3.8) is 0 Å². The average Bonchev–Trinajstić information content (AvgIpc) is 2.36. The predicted molar refractivity (Wildman–Crippen MR) is 70.6 cm³/mol. The fraction of sp³-hybridized carbons (Fsp3) is 0.583. The van der Waals surface area contributed by atoms with Gasteiger partial charge in [0.2, 0.25) is 0 Å². The van der Waals surface area contributed by atoms with Gasteiger partial charge in [-0.05, 0) is 12.8 Å². The number of rotatable bonds is 5. The Morgan fingerprint density at radius 1 is 1.33 bits per heavy atom. The van der Waals surface area contributed by atoms with Crippen LogP contribution in [0.3, 0.4) is 0 Å². The molecular weight excluding hydrogens is 232 g/mol. The average molecular weight is 252 g/mol. The number of nitrogens with one attached hydrogen (secondary N) is 2. The second-order valence-corrected chi connectivity index (χ2v) is 4.34. The number of hydrogen-bond donors (Lipinski definition) is 2. The number of methoxy groups -OCH3 is 1. The Balaban J connectivity index is 2.97. The number of nitrogens with zero attached hydrogens (tertiary/aromatic N) is 2. The highest BCUT2D eigenvalue weighted by Crippen LogP contribution is 2.20. The van der Waals surface area contributed by atoms with Gasteiger partial charge in [0.05, 0.1) is 7.11 Å². The molecule has 0 aliphatic heterocycles. The lowest BCUT2D eigenvalue weighted by atomic mass is 10.0. The molecule has 100 valence electrons. The fourth-order valence-corrected chi connectivity index (χ4v) is 1.62. The van der Waals surface area contributed by atoms with Crippen molar-refractivity contribution in [2.24, 2.45) is 5.92 Å². The normalized spacial score (nSPS) is 12.1. The number of anilines is 2. The van der Waals surface area contributed by atoms with Gasteiger partial charge in [0.25, 0.3) is 0 Å². The minimum absolute atomic E-state index is 0.102. The van der Waals surface area contributed by atoms with Crippen LogP contribution in [-0.4, -0.2) is 36.1 Å². The van der Waals surface area contributed by atoms with E-state index in [4.69, 9.17) is 4.74 Å². The summed E-state index contributed by atoms with van der Waals surface area (Å²) in [6, 6.07) is -0.423. The van der Waals surface area contributed by atoms with Crippen molar-refractivity contribution in [3.8, 4) is 0 Å². The van der Waals surface area contributed by atoms with Crippen LogP contribution in [0.25, 0.3) is 0 Å². The SMILES string of the molecule is CNc1ncnc(NC(C(=O)OC)C(C)C)c1C. The highest BCUT2D eigenvalue weighted by atomic mass is 16.5.